The third-order valence-corrected chi connectivity index (χ3v) is 2.34. The van der Waals surface area contributed by atoms with Crippen LogP contribution in [0.3, 0.4) is 0 Å². The van der Waals surface area contributed by atoms with Gasteiger partial charge in [-0.05, 0) is 11.2 Å². The van der Waals surface area contributed by atoms with Crippen LogP contribution in [-0.2, 0) is 6.61 Å². The number of rotatable bonds is 2. The molecule has 0 aromatic heterocycles. The van der Waals surface area contributed by atoms with Gasteiger partial charge in [0.25, 0.3) is 0 Å². The molecular formula is C13H15BrO2. The standard InChI is InChI=1S/C12H12O2.CH3Br/c1-14-12-10(8-13)7-6-9-4-2-3-5-11(9)12;1-2/h2-7,13H,8H2,1H3;1H3. The summed E-state index contributed by atoms with van der Waals surface area (Å²) in [7, 11) is 1.63. The number of aliphatic hydroxyl groups excluding tert-OH is 1. The second-order valence-corrected chi connectivity index (χ2v) is 3.14. The van der Waals surface area contributed by atoms with Gasteiger partial charge < -0.3 is 9.84 Å². The molecule has 2 rings (SSSR count). The molecule has 0 heterocycles. The van der Waals surface area contributed by atoms with Crippen molar-refractivity contribution in [2.45, 2.75) is 6.61 Å². The summed E-state index contributed by atoms with van der Waals surface area (Å²) in [6.07, 6.45) is 0. The number of alkyl halides is 1. The lowest BCUT2D eigenvalue weighted by atomic mass is 10.1. The first-order valence-corrected chi connectivity index (χ1v) is 6.48. The Kier molecular flexibility index (Phi) is 5.29. The zero-order valence-corrected chi connectivity index (χ0v) is 11.0. The summed E-state index contributed by atoms with van der Waals surface area (Å²) < 4.78 is 5.29. The van der Waals surface area contributed by atoms with Gasteiger partial charge in [-0.15, -0.1) is 0 Å². The van der Waals surface area contributed by atoms with E-state index in [1.54, 1.807) is 7.11 Å². The number of benzene rings is 2. The van der Waals surface area contributed by atoms with Crippen LogP contribution in [0.1, 0.15) is 5.56 Å². The number of methoxy groups -OCH3 is 1. The largest absolute Gasteiger partial charge is 0.496 e. The number of ether oxygens (including phenoxy) is 1. The van der Waals surface area contributed by atoms with Crippen molar-refractivity contribution in [3.8, 4) is 5.75 Å². The van der Waals surface area contributed by atoms with Crippen LogP contribution in [0, 0.1) is 0 Å². The van der Waals surface area contributed by atoms with Crippen LogP contribution in [0.4, 0.5) is 0 Å². The van der Waals surface area contributed by atoms with Gasteiger partial charge in [0.05, 0.1) is 13.7 Å². The van der Waals surface area contributed by atoms with Crippen LogP contribution in [0.25, 0.3) is 10.8 Å². The Hall–Kier alpha value is -1.06. The van der Waals surface area contributed by atoms with Crippen molar-refractivity contribution in [1.82, 2.24) is 0 Å². The summed E-state index contributed by atoms with van der Waals surface area (Å²) in [5, 5.41) is 11.3. The van der Waals surface area contributed by atoms with Gasteiger partial charge in [-0.3, -0.25) is 0 Å². The molecule has 0 aliphatic carbocycles. The topological polar surface area (TPSA) is 29.5 Å². The van der Waals surface area contributed by atoms with Gasteiger partial charge >= 0.3 is 0 Å². The van der Waals surface area contributed by atoms with Gasteiger partial charge in [0.1, 0.15) is 5.75 Å². The molecule has 2 aromatic carbocycles. The summed E-state index contributed by atoms with van der Waals surface area (Å²) in [5.74, 6) is 2.58. The monoisotopic (exact) mass is 282 g/mol. The summed E-state index contributed by atoms with van der Waals surface area (Å²) in [5.41, 5.74) is 0.825. The van der Waals surface area contributed by atoms with Crippen molar-refractivity contribution >= 4 is 26.7 Å². The second-order valence-electron chi connectivity index (χ2n) is 3.14. The Bertz CT molecular complexity index is 455. The highest BCUT2D eigenvalue weighted by Gasteiger charge is 2.05. The minimum atomic E-state index is 0.00794. The Balaban J connectivity index is 0.000000606. The Morgan fingerprint density at radius 3 is 2.44 bits per heavy atom. The average molecular weight is 283 g/mol. The fourth-order valence-corrected chi connectivity index (χ4v) is 1.65. The number of hydrogen-bond acceptors (Lipinski definition) is 2. The van der Waals surface area contributed by atoms with E-state index >= 15 is 0 Å². The smallest absolute Gasteiger partial charge is 0.132 e. The van der Waals surface area contributed by atoms with Crippen LogP contribution < -0.4 is 4.74 Å². The molecule has 0 radical (unpaired) electrons. The molecule has 2 nitrogen and oxygen atoms in total. The van der Waals surface area contributed by atoms with Crippen molar-refractivity contribution in [3.63, 3.8) is 0 Å². The van der Waals surface area contributed by atoms with Crippen molar-refractivity contribution in [3.05, 3.63) is 42.0 Å². The molecule has 0 bridgehead atoms. The fourth-order valence-electron chi connectivity index (χ4n) is 1.65. The molecule has 0 saturated carbocycles. The Morgan fingerprint density at radius 1 is 1.12 bits per heavy atom. The molecule has 3 heteroatoms. The van der Waals surface area contributed by atoms with Gasteiger partial charge in [-0.2, -0.15) is 0 Å². The summed E-state index contributed by atoms with van der Waals surface area (Å²) >= 11 is 2.94. The van der Waals surface area contributed by atoms with Crippen LogP contribution >= 0.6 is 15.9 Å². The lowest BCUT2D eigenvalue weighted by Crippen LogP contribution is -1.92. The van der Waals surface area contributed by atoms with Crippen molar-refractivity contribution < 1.29 is 9.84 Å². The molecule has 1 N–H and O–H groups in total. The maximum Gasteiger partial charge on any atom is 0.132 e. The first-order chi connectivity index (χ1) is 7.86. The second kappa shape index (κ2) is 6.51. The maximum atomic E-state index is 9.13. The molecule has 0 fully saturated rings. The fraction of sp³-hybridized carbons (Fsp3) is 0.231. The van der Waals surface area contributed by atoms with Crippen molar-refractivity contribution in [2.75, 3.05) is 12.9 Å². The van der Waals surface area contributed by atoms with E-state index in [9.17, 15) is 0 Å². The number of fused-ring (bicyclic) bond motifs is 1. The third-order valence-electron chi connectivity index (χ3n) is 2.34. The Morgan fingerprint density at radius 2 is 1.81 bits per heavy atom. The minimum absolute atomic E-state index is 0.00794. The first kappa shape index (κ1) is 13.0. The quantitative estimate of drug-likeness (QED) is 0.856. The molecule has 0 aliphatic heterocycles. The van der Waals surface area contributed by atoms with Crippen LogP contribution in [-0.4, -0.2) is 18.0 Å². The van der Waals surface area contributed by atoms with E-state index in [0.29, 0.717) is 0 Å². The molecule has 0 spiro atoms. The van der Waals surface area contributed by atoms with Gasteiger partial charge in [0.15, 0.2) is 0 Å². The average Bonchev–Trinajstić information content (AvgIpc) is 2.39. The summed E-state index contributed by atoms with van der Waals surface area (Å²) in [4.78, 5) is 0. The van der Waals surface area contributed by atoms with E-state index in [1.165, 1.54) is 0 Å². The van der Waals surface area contributed by atoms with Gasteiger partial charge in [-0.1, -0.05) is 52.3 Å². The van der Waals surface area contributed by atoms with Gasteiger partial charge in [0.2, 0.25) is 0 Å². The van der Waals surface area contributed by atoms with E-state index in [4.69, 9.17) is 9.84 Å². The third kappa shape index (κ3) is 2.54. The SMILES string of the molecule is CBr.COc1c(CO)ccc2ccccc12. The number of hydrogen-bond donors (Lipinski definition) is 1. The molecule has 2 aromatic rings. The van der Waals surface area contributed by atoms with E-state index in [1.807, 2.05) is 42.2 Å². The molecule has 0 saturated heterocycles. The van der Waals surface area contributed by atoms with Crippen LogP contribution in [0.5, 0.6) is 5.75 Å². The summed E-state index contributed by atoms with van der Waals surface area (Å²) in [6.45, 7) is 0.00794. The van der Waals surface area contributed by atoms with Crippen molar-refractivity contribution in [2.24, 2.45) is 0 Å². The zero-order chi connectivity index (χ0) is 12.0. The number of halogens is 1. The number of aliphatic hydroxyl groups is 1. The van der Waals surface area contributed by atoms with E-state index in [-0.39, 0.29) is 6.61 Å². The molecule has 0 aliphatic rings. The van der Waals surface area contributed by atoms with Crippen LogP contribution in [0.15, 0.2) is 36.4 Å². The van der Waals surface area contributed by atoms with Gasteiger partial charge in [-0.25, -0.2) is 0 Å². The van der Waals surface area contributed by atoms with E-state index in [2.05, 4.69) is 15.9 Å². The highest BCUT2D eigenvalue weighted by molar-refractivity contribution is 9.08. The normalized spacial score (nSPS) is 9.50. The van der Waals surface area contributed by atoms with E-state index < -0.39 is 0 Å². The minimum Gasteiger partial charge on any atom is -0.496 e. The molecular weight excluding hydrogens is 268 g/mol. The lowest BCUT2D eigenvalue weighted by Gasteiger charge is -2.09. The lowest BCUT2D eigenvalue weighted by molar-refractivity contribution is 0.274. The highest BCUT2D eigenvalue weighted by atomic mass is 79.9. The molecule has 0 unspecified atom stereocenters. The van der Waals surface area contributed by atoms with Gasteiger partial charge in [0, 0.05) is 10.9 Å². The predicted molar refractivity (Wildman–Crippen MR) is 71.3 cm³/mol. The Labute approximate surface area is 104 Å². The zero-order valence-electron chi connectivity index (χ0n) is 9.40. The van der Waals surface area contributed by atoms with E-state index in [0.717, 1.165) is 22.1 Å². The first-order valence-electron chi connectivity index (χ1n) is 4.90. The predicted octanol–water partition coefficient (Wildman–Crippen LogP) is 3.35. The molecule has 16 heavy (non-hydrogen) atoms. The summed E-state index contributed by atoms with van der Waals surface area (Å²) in [6, 6.07) is 11.9. The van der Waals surface area contributed by atoms with Crippen molar-refractivity contribution in [1.29, 1.82) is 0 Å². The molecule has 0 amide bonds. The molecule has 0 atom stereocenters. The molecule has 86 valence electrons. The maximum absolute atomic E-state index is 9.13. The highest BCUT2D eigenvalue weighted by Crippen LogP contribution is 2.29. The van der Waals surface area contributed by atoms with Crippen LogP contribution in [0.2, 0.25) is 0 Å².